The molecule has 0 bridgehead atoms. The average molecular weight is 489 g/mol. The summed E-state index contributed by atoms with van der Waals surface area (Å²) in [7, 11) is 0. The molecule has 1 atom stereocenters. The lowest BCUT2D eigenvalue weighted by Gasteiger charge is -2.36. The van der Waals surface area contributed by atoms with Crippen LogP contribution < -0.4 is 0 Å². The number of hydrogen-bond acceptors (Lipinski definition) is 5. The van der Waals surface area contributed by atoms with E-state index in [0.717, 1.165) is 18.4 Å². The SMILES string of the molecule is O=C(/C=C/c1ccccc1)N1CCC(C(=O)N2CCC[C@@H](c3nc(-c4cccc(F)c4)no3)C2)CC1. The average Bonchev–Trinajstić information content (AvgIpc) is 3.43. The molecule has 186 valence electrons. The van der Waals surface area contributed by atoms with Gasteiger partial charge in [-0.1, -0.05) is 47.6 Å². The lowest BCUT2D eigenvalue weighted by atomic mass is 9.92. The predicted octanol–water partition coefficient (Wildman–Crippen LogP) is 4.53. The highest BCUT2D eigenvalue weighted by Gasteiger charge is 2.34. The Morgan fingerprint density at radius 3 is 2.56 bits per heavy atom. The van der Waals surface area contributed by atoms with Crippen LogP contribution >= 0.6 is 0 Å². The molecule has 2 aliphatic rings. The van der Waals surface area contributed by atoms with Gasteiger partial charge in [-0.25, -0.2) is 4.39 Å². The van der Waals surface area contributed by atoms with E-state index in [9.17, 15) is 14.0 Å². The molecule has 2 amide bonds. The smallest absolute Gasteiger partial charge is 0.246 e. The number of benzene rings is 2. The zero-order valence-corrected chi connectivity index (χ0v) is 20.1. The number of piperidine rings is 2. The summed E-state index contributed by atoms with van der Waals surface area (Å²) < 4.78 is 19.0. The van der Waals surface area contributed by atoms with E-state index in [-0.39, 0.29) is 29.5 Å². The lowest BCUT2D eigenvalue weighted by molar-refractivity contribution is -0.140. The van der Waals surface area contributed by atoms with Crippen molar-refractivity contribution in [2.24, 2.45) is 5.92 Å². The Labute approximate surface area is 209 Å². The fourth-order valence-corrected chi connectivity index (χ4v) is 4.97. The molecule has 0 radical (unpaired) electrons. The van der Waals surface area contributed by atoms with E-state index < -0.39 is 0 Å². The Morgan fingerprint density at radius 1 is 0.972 bits per heavy atom. The molecule has 5 rings (SSSR count). The molecule has 0 unspecified atom stereocenters. The first-order valence-electron chi connectivity index (χ1n) is 12.5. The molecule has 0 saturated carbocycles. The third kappa shape index (κ3) is 5.53. The number of carbonyl (C=O) groups excluding carboxylic acids is 2. The molecule has 2 aliphatic heterocycles. The van der Waals surface area contributed by atoms with Gasteiger partial charge < -0.3 is 14.3 Å². The number of carbonyl (C=O) groups is 2. The number of halogens is 1. The highest BCUT2D eigenvalue weighted by Crippen LogP contribution is 2.30. The first kappa shape index (κ1) is 23.9. The first-order valence-corrected chi connectivity index (χ1v) is 12.5. The van der Waals surface area contributed by atoms with Crippen molar-refractivity contribution in [3.63, 3.8) is 0 Å². The maximum atomic E-state index is 13.6. The second-order valence-corrected chi connectivity index (χ2v) is 9.43. The van der Waals surface area contributed by atoms with Crippen molar-refractivity contribution in [3.8, 4) is 11.4 Å². The fourth-order valence-electron chi connectivity index (χ4n) is 4.97. The van der Waals surface area contributed by atoms with Crippen LogP contribution in [0.2, 0.25) is 0 Å². The van der Waals surface area contributed by atoms with E-state index in [1.807, 2.05) is 46.2 Å². The minimum Gasteiger partial charge on any atom is -0.342 e. The Hall–Kier alpha value is -3.81. The van der Waals surface area contributed by atoms with Crippen molar-refractivity contribution in [2.45, 2.75) is 31.6 Å². The van der Waals surface area contributed by atoms with Crippen molar-refractivity contribution >= 4 is 17.9 Å². The third-order valence-electron chi connectivity index (χ3n) is 6.98. The first-order chi connectivity index (χ1) is 17.6. The molecule has 0 spiro atoms. The van der Waals surface area contributed by atoms with Crippen LogP contribution in [0.15, 0.2) is 65.2 Å². The fraction of sp³-hybridized carbons (Fsp3) is 0.357. The van der Waals surface area contributed by atoms with E-state index in [2.05, 4.69) is 10.1 Å². The van der Waals surface area contributed by atoms with Gasteiger partial charge >= 0.3 is 0 Å². The molecule has 36 heavy (non-hydrogen) atoms. The maximum Gasteiger partial charge on any atom is 0.246 e. The highest BCUT2D eigenvalue weighted by atomic mass is 19.1. The van der Waals surface area contributed by atoms with Crippen molar-refractivity contribution < 1.29 is 18.5 Å². The molecular formula is C28H29FN4O3. The molecule has 3 aromatic rings. The molecule has 8 heteroatoms. The second-order valence-electron chi connectivity index (χ2n) is 9.43. The molecule has 0 aliphatic carbocycles. The summed E-state index contributed by atoms with van der Waals surface area (Å²) in [6.45, 7) is 2.39. The minimum absolute atomic E-state index is 0.0201. The summed E-state index contributed by atoms with van der Waals surface area (Å²) >= 11 is 0. The number of nitrogens with zero attached hydrogens (tertiary/aromatic N) is 4. The van der Waals surface area contributed by atoms with Crippen LogP contribution in [0, 0.1) is 11.7 Å². The molecular weight excluding hydrogens is 459 g/mol. The maximum absolute atomic E-state index is 13.6. The molecule has 3 heterocycles. The summed E-state index contributed by atoms with van der Waals surface area (Å²) in [5.41, 5.74) is 1.55. The standard InChI is InChI=1S/C28H29FN4O3/c29-24-10-4-8-22(18-24)26-30-27(36-31-26)23-9-5-15-33(19-23)28(35)21-13-16-32(17-14-21)25(34)12-11-20-6-2-1-3-7-20/h1-4,6-8,10-12,18,21,23H,5,9,13-17,19H2/b12-11+/t23-/m1/s1. The quantitative estimate of drug-likeness (QED) is 0.493. The van der Waals surface area contributed by atoms with Gasteiger partial charge in [-0.05, 0) is 49.5 Å². The van der Waals surface area contributed by atoms with Gasteiger partial charge in [-0.3, -0.25) is 9.59 Å². The Kier molecular flexibility index (Phi) is 7.21. The number of amides is 2. The van der Waals surface area contributed by atoms with E-state index >= 15 is 0 Å². The molecule has 2 saturated heterocycles. The van der Waals surface area contributed by atoms with Gasteiger partial charge in [0.2, 0.25) is 23.5 Å². The van der Waals surface area contributed by atoms with Gasteiger partial charge in [0.25, 0.3) is 0 Å². The number of rotatable bonds is 5. The van der Waals surface area contributed by atoms with Crippen LogP contribution in [0.4, 0.5) is 4.39 Å². The molecule has 7 nitrogen and oxygen atoms in total. The van der Waals surface area contributed by atoms with Crippen LogP contribution in [0.1, 0.15) is 43.1 Å². The van der Waals surface area contributed by atoms with Gasteiger partial charge in [0.15, 0.2) is 0 Å². The normalized spacial score (nSPS) is 19.1. The number of likely N-dealkylation sites (tertiary alicyclic amines) is 2. The molecule has 2 aromatic carbocycles. The Bertz CT molecular complexity index is 1230. The largest absolute Gasteiger partial charge is 0.342 e. The molecule has 1 aromatic heterocycles. The van der Waals surface area contributed by atoms with Crippen molar-refractivity contribution in [1.82, 2.24) is 19.9 Å². The van der Waals surface area contributed by atoms with Crippen LogP contribution in [0.25, 0.3) is 17.5 Å². The van der Waals surface area contributed by atoms with Crippen LogP contribution in [-0.4, -0.2) is 57.9 Å². The molecule has 0 N–H and O–H groups in total. The van der Waals surface area contributed by atoms with Gasteiger partial charge in [0.1, 0.15) is 5.82 Å². The minimum atomic E-state index is -0.353. The monoisotopic (exact) mass is 488 g/mol. The van der Waals surface area contributed by atoms with Gasteiger partial charge in [0, 0.05) is 43.7 Å². The van der Waals surface area contributed by atoms with Crippen molar-refractivity contribution in [2.75, 3.05) is 26.2 Å². The predicted molar refractivity (Wildman–Crippen MR) is 133 cm³/mol. The number of aromatic nitrogens is 2. The zero-order chi connectivity index (χ0) is 24.9. The summed E-state index contributed by atoms with van der Waals surface area (Å²) in [6.07, 6.45) is 6.47. The van der Waals surface area contributed by atoms with Crippen LogP contribution in [0.5, 0.6) is 0 Å². The second kappa shape index (κ2) is 10.8. The highest BCUT2D eigenvalue weighted by molar-refractivity contribution is 5.92. The van der Waals surface area contributed by atoms with Gasteiger partial charge in [-0.15, -0.1) is 0 Å². The van der Waals surface area contributed by atoms with Crippen molar-refractivity contribution in [3.05, 3.63) is 77.9 Å². The van der Waals surface area contributed by atoms with E-state index in [0.29, 0.717) is 56.3 Å². The summed E-state index contributed by atoms with van der Waals surface area (Å²) in [5, 5.41) is 4.02. The van der Waals surface area contributed by atoms with E-state index in [1.54, 1.807) is 18.2 Å². The Morgan fingerprint density at radius 2 is 1.78 bits per heavy atom. The van der Waals surface area contributed by atoms with Crippen molar-refractivity contribution in [1.29, 1.82) is 0 Å². The third-order valence-corrected chi connectivity index (χ3v) is 6.98. The summed E-state index contributed by atoms with van der Waals surface area (Å²) in [6, 6.07) is 15.8. The Balaban J connectivity index is 1.15. The summed E-state index contributed by atoms with van der Waals surface area (Å²) in [4.78, 5) is 34.1. The van der Waals surface area contributed by atoms with Crippen LogP contribution in [-0.2, 0) is 9.59 Å². The van der Waals surface area contributed by atoms with E-state index in [1.165, 1.54) is 12.1 Å². The topological polar surface area (TPSA) is 79.5 Å². The lowest BCUT2D eigenvalue weighted by Crippen LogP contribution is -2.46. The zero-order valence-electron chi connectivity index (χ0n) is 20.1. The van der Waals surface area contributed by atoms with E-state index in [4.69, 9.17) is 4.52 Å². The summed E-state index contributed by atoms with van der Waals surface area (Å²) in [5.74, 6) is 0.473. The van der Waals surface area contributed by atoms with Gasteiger partial charge in [0.05, 0.1) is 5.92 Å². The number of hydrogen-bond donors (Lipinski definition) is 0. The van der Waals surface area contributed by atoms with Crippen LogP contribution in [0.3, 0.4) is 0 Å². The van der Waals surface area contributed by atoms with Gasteiger partial charge in [-0.2, -0.15) is 4.98 Å². The molecule has 2 fully saturated rings.